The van der Waals surface area contributed by atoms with Crippen molar-refractivity contribution in [2.75, 3.05) is 0 Å². The first-order valence-electron chi connectivity index (χ1n) is 11.2. The molecule has 146 valence electrons. The molecule has 0 spiro atoms. The van der Waals surface area contributed by atoms with Gasteiger partial charge in [0, 0.05) is 24.4 Å². The first-order chi connectivity index (χ1) is 13.3. The average molecular weight is 365 g/mol. The number of aromatic nitrogens is 2. The molecule has 0 aliphatic heterocycles. The van der Waals surface area contributed by atoms with Crippen molar-refractivity contribution in [3.63, 3.8) is 0 Å². The van der Waals surface area contributed by atoms with Crippen LogP contribution in [0.25, 0.3) is 11.1 Å². The molecule has 1 aromatic heterocycles. The van der Waals surface area contributed by atoms with Crippen LogP contribution in [-0.4, -0.2) is 9.97 Å². The van der Waals surface area contributed by atoms with E-state index < -0.39 is 0 Å². The maximum atomic E-state index is 4.64. The Hall–Kier alpha value is -1.70. The number of unbranched alkanes of at least 4 members (excludes halogenated alkanes) is 1. The molecule has 1 saturated carbocycles. The van der Waals surface area contributed by atoms with Crippen molar-refractivity contribution in [3.05, 3.63) is 48.0 Å². The molecule has 2 aromatic rings. The van der Waals surface area contributed by atoms with Gasteiger partial charge < -0.3 is 0 Å². The van der Waals surface area contributed by atoms with Crippen molar-refractivity contribution >= 4 is 0 Å². The second-order valence-corrected chi connectivity index (χ2v) is 8.40. The summed E-state index contributed by atoms with van der Waals surface area (Å²) in [5.41, 5.74) is 3.77. The van der Waals surface area contributed by atoms with Gasteiger partial charge in [0.1, 0.15) is 5.82 Å². The highest BCUT2D eigenvalue weighted by molar-refractivity contribution is 5.61. The molecule has 1 heterocycles. The molecule has 1 aliphatic rings. The summed E-state index contributed by atoms with van der Waals surface area (Å²) in [6.45, 7) is 4.55. The van der Waals surface area contributed by atoms with E-state index in [2.05, 4.69) is 48.1 Å². The lowest BCUT2D eigenvalue weighted by Gasteiger charge is -2.28. The summed E-state index contributed by atoms with van der Waals surface area (Å²) in [5.74, 6) is 2.89. The summed E-state index contributed by atoms with van der Waals surface area (Å²) in [5, 5.41) is 0. The molecule has 27 heavy (non-hydrogen) atoms. The molecule has 0 N–H and O–H groups in total. The molecule has 1 fully saturated rings. The Bertz CT molecular complexity index is 652. The van der Waals surface area contributed by atoms with Gasteiger partial charge in [-0.1, -0.05) is 83.1 Å². The normalized spacial score (nSPS) is 19.9. The third-order valence-corrected chi connectivity index (χ3v) is 6.25. The van der Waals surface area contributed by atoms with Crippen LogP contribution in [0.5, 0.6) is 0 Å². The van der Waals surface area contributed by atoms with Crippen LogP contribution in [0.2, 0.25) is 0 Å². The molecule has 2 nitrogen and oxygen atoms in total. The minimum absolute atomic E-state index is 0.886. The number of benzene rings is 1. The third kappa shape index (κ3) is 6.16. The summed E-state index contributed by atoms with van der Waals surface area (Å²) in [6, 6.07) is 8.90. The zero-order valence-corrected chi connectivity index (χ0v) is 17.3. The van der Waals surface area contributed by atoms with Crippen LogP contribution in [-0.2, 0) is 12.8 Å². The van der Waals surface area contributed by atoms with E-state index in [-0.39, 0.29) is 0 Å². The lowest BCUT2D eigenvalue weighted by Crippen LogP contribution is -2.15. The van der Waals surface area contributed by atoms with Crippen molar-refractivity contribution in [3.8, 4) is 11.1 Å². The number of rotatable bonds is 9. The van der Waals surface area contributed by atoms with Crippen LogP contribution in [0.1, 0.15) is 83.0 Å². The third-order valence-electron chi connectivity index (χ3n) is 6.25. The quantitative estimate of drug-likeness (QED) is 0.477. The number of hydrogen-bond acceptors (Lipinski definition) is 2. The standard InChI is InChI=1S/C25H36N2/c1-3-5-7-21-12-15-23(16-13-21)24-18-26-25(27-19-24)17-14-22-10-8-20(6-4-2)9-11-22/h12-13,15-16,18-20,22H,3-11,14,17H2,1-2H3/t20-,22-. The van der Waals surface area contributed by atoms with Crippen LogP contribution in [0.4, 0.5) is 0 Å². The highest BCUT2D eigenvalue weighted by atomic mass is 14.9. The smallest absolute Gasteiger partial charge is 0.128 e. The van der Waals surface area contributed by atoms with Gasteiger partial charge in [-0.05, 0) is 42.2 Å². The Labute approximate surface area is 165 Å². The summed E-state index contributed by atoms with van der Waals surface area (Å²) < 4.78 is 0. The Kier molecular flexibility index (Phi) is 7.86. The Morgan fingerprint density at radius 2 is 1.37 bits per heavy atom. The first-order valence-corrected chi connectivity index (χ1v) is 11.2. The predicted octanol–water partition coefficient (Wildman–Crippen LogP) is 7.03. The molecule has 1 aliphatic carbocycles. The van der Waals surface area contributed by atoms with Crippen molar-refractivity contribution < 1.29 is 0 Å². The van der Waals surface area contributed by atoms with Crippen molar-refractivity contribution in [2.45, 2.75) is 84.5 Å². The minimum atomic E-state index is 0.886. The SMILES string of the molecule is CCCCc1ccc(-c2cnc(CC[C@H]3CC[C@H](CCC)CC3)nc2)cc1. The fraction of sp³-hybridized carbons (Fsp3) is 0.600. The van der Waals surface area contributed by atoms with Crippen molar-refractivity contribution in [1.29, 1.82) is 0 Å². The monoisotopic (exact) mass is 364 g/mol. The molecule has 2 heteroatoms. The van der Waals surface area contributed by atoms with E-state index >= 15 is 0 Å². The summed E-state index contributed by atoms with van der Waals surface area (Å²) >= 11 is 0. The largest absolute Gasteiger partial charge is 0.241 e. The van der Waals surface area contributed by atoms with Crippen molar-refractivity contribution in [1.82, 2.24) is 9.97 Å². The molecule has 1 aromatic carbocycles. The van der Waals surface area contributed by atoms with Gasteiger partial charge in [0.2, 0.25) is 0 Å². The Morgan fingerprint density at radius 3 is 1.96 bits per heavy atom. The fourth-order valence-electron chi connectivity index (χ4n) is 4.43. The van der Waals surface area contributed by atoms with Gasteiger partial charge in [-0.15, -0.1) is 0 Å². The van der Waals surface area contributed by atoms with Gasteiger partial charge in [-0.3, -0.25) is 0 Å². The van der Waals surface area contributed by atoms with Gasteiger partial charge in [-0.2, -0.15) is 0 Å². The molecule has 0 bridgehead atoms. The lowest BCUT2D eigenvalue weighted by molar-refractivity contribution is 0.251. The lowest BCUT2D eigenvalue weighted by atomic mass is 9.78. The topological polar surface area (TPSA) is 25.8 Å². The van der Waals surface area contributed by atoms with E-state index in [1.807, 2.05) is 12.4 Å². The number of nitrogens with zero attached hydrogens (tertiary/aromatic N) is 2. The van der Waals surface area contributed by atoms with Crippen LogP contribution < -0.4 is 0 Å². The second-order valence-electron chi connectivity index (χ2n) is 8.40. The van der Waals surface area contributed by atoms with Crippen LogP contribution in [0.15, 0.2) is 36.7 Å². The zero-order valence-electron chi connectivity index (χ0n) is 17.3. The average Bonchev–Trinajstić information content (AvgIpc) is 2.73. The summed E-state index contributed by atoms with van der Waals surface area (Å²) in [4.78, 5) is 9.29. The van der Waals surface area contributed by atoms with Gasteiger partial charge in [0.15, 0.2) is 0 Å². The van der Waals surface area contributed by atoms with Gasteiger partial charge >= 0.3 is 0 Å². The van der Waals surface area contributed by atoms with E-state index in [0.29, 0.717) is 0 Å². The van der Waals surface area contributed by atoms with E-state index in [4.69, 9.17) is 0 Å². The van der Waals surface area contributed by atoms with Crippen LogP contribution >= 0.6 is 0 Å². The fourth-order valence-corrected chi connectivity index (χ4v) is 4.43. The van der Waals surface area contributed by atoms with Crippen LogP contribution in [0.3, 0.4) is 0 Å². The highest BCUT2D eigenvalue weighted by Crippen LogP contribution is 2.33. The molecule has 0 radical (unpaired) electrons. The maximum Gasteiger partial charge on any atom is 0.128 e. The molecule has 3 rings (SSSR count). The summed E-state index contributed by atoms with van der Waals surface area (Å²) in [7, 11) is 0. The number of hydrogen-bond donors (Lipinski definition) is 0. The molecule has 0 atom stereocenters. The zero-order chi connectivity index (χ0) is 18.9. The first kappa shape index (κ1) is 20.0. The Balaban J connectivity index is 1.47. The van der Waals surface area contributed by atoms with Gasteiger partial charge in [0.25, 0.3) is 0 Å². The van der Waals surface area contributed by atoms with Gasteiger partial charge in [0.05, 0.1) is 0 Å². The van der Waals surface area contributed by atoms with Crippen molar-refractivity contribution in [2.24, 2.45) is 11.8 Å². The molecule has 0 amide bonds. The Morgan fingerprint density at radius 1 is 0.741 bits per heavy atom. The van der Waals surface area contributed by atoms with E-state index in [9.17, 15) is 0 Å². The van der Waals surface area contributed by atoms with E-state index in [1.165, 1.54) is 75.3 Å². The number of aryl methyl sites for hydroxylation is 2. The van der Waals surface area contributed by atoms with Gasteiger partial charge in [-0.25, -0.2) is 9.97 Å². The molecule has 0 saturated heterocycles. The second kappa shape index (κ2) is 10.6. The predicted molar refractivity (Wildman–Crippen MR) is 115 cm³/mol. The molecular weight excluding hydrogens is 328 g/mol. The van der Waals surface area contributed by atoms with Crippen LogP contribution in [0, 0.1) is 11.8 Å². The molecular formula is C25H36N2. The van der Waals surface area contributed by atoms with E-state index in [0.717, 1.165) is 29.6 Å². The maximum absolute atomic E-state index is 4.64. The van der Waals surface area contributed by atoms with E-state index in [1.54, 1.807) is 0 Å². The highest BCUT2D eigenvalue weighted by Gasteiger charge is 2.20. The summed E-state index contributed by atoms with van der Waals surface area (Å²) in [6.07, 6.45) is 18.4. The minimum Gasteiger partial charge on any atom is -0.241 e. The molecule has 0 unspecified atom stereocenters.